The van der Waals surface area contributed by atoms with E-state index < -0.39 is 12.1 Å². The molecule has 6 heteroatoms. The van der Waals surface area contributed by atoms with E-state index in [1.54, 1.807) is 13.8 Å². The zero-order valence-electron chi connectivity index (χ0n) is 10.8. The van der Waals surface area contributed by atoms with Crippen LogP contribution in [0, 0.1) is 0 Å². The van der Waals surface area contributed by atoms with E-state index in [0.717, 1.165) is 0 Å². The molecule has 0 aromatic rings. The lowest BCUT2D eigenvalue weighted by Crippen LogP contribution is -2.21. The lowest BCUT2D eigenvalue weighted by atomic mass is 10.2. The molecule has 0 aliphatic rings. The Balaban J connectivity index is -0.000000180. The van der Waals surface area contributed by atoms with Crippen LogP contribution in [0.2, 0.25) is 0 Å². The summed E-state index contributed by atoms with van der Waals surface area (Å²) in [6.45, 7) is 7.91. The fourth-order valence-electron chi connectivity index (χ4n) is 0.500. The van der Waals surface area contributed by atoms with Crippen LogP contribution in [0.3, 0.4) is 0 Å². The standard InChI is InChI=1S/C6H14.C3H8O.C2HF3O2/c1-3-5-6-4-2;1-3(2)4;3-2(4,5)1(6)7/h3-6H2,1-2H3;3-4H,1-2H3;(H,6,7). The highest BCUT2D eigenvalue weighted by atomic mass is 19.4. The van der Waals surface area contributed by atoms with E-state index in [4.69, 9.17) is 15.0 Å². The van der Waals surface area contributed by atoms with E-state index >= 15 is 0 Å². The molecule has 106 valence electrons. The Kier molecular flexibility index (Phi) is 16.8. The van der Waals surface area contributed by atoms with Crippen molar-refractivity contribution in [1.82, 2.24) is 0 Å². The monoisotopic (exact) mass is 260 g/mol. The number of carboxylic acids is 1. The molecule has 0 saturated carbocycles. The van der Waals surface area contributed by atoms with Crippen LogP contribution in [0.5, 0.6) is 0 Å². The lowest BCUT2D eigenvalue weighted by molar-refractivity contribution is -0.192. The van der Waals surface area contributed by atoms with Crippen molar-refractivity contribution in [1.29, 1.82) is 0 Å². The molecule has 2 N–H and O–H groups in total. The van der Waals surface area contributed by atoms with E-state index in [-0.39, 0.29) is 6.10 Å². The predicted molar refractivity (Wildman–Crippen MR) is 60.9 cm³/mol. The molecule has 0 aliphatic heterocycles. The number of carbonyl (C=O) groups is 1. The maximum atomic E-state index is 10.6. The second-order valence-electron chi connectivity index (χ2n) is 3.60. The maximum absolute atomic E-state index is 10.6. The third-order valence-electron chi connectivity index (χ3n) is 1.20. The Morgan fingerprint density at radius 2 is 1.29 bits per heavy atom. The number of hydrogen-bond donors (Lipinski definition) is 2. The molecule has 0 aromatic heterocycles. The number of rotatable bonds is 3. The Hall–Kier alpha value is -0.780. The van der Waals surface area contributed by atoms with E-state index in [1.165, 1.54) is 25.7 Å². The molecule has 0 bridgehead atoms. The van der Waals surface area contributed by atoms with E-state index in [9.17, 15) is 13.2 Å². The molecule has 0 unspecified atom stereocenters. The minimum Gasteiger partial charge on any atom is -0.475 e. The van der Waals surface area contributed by atoms with E-state index in [1.807, 2.05) is 0 Å². The summed E-state index contributed by atoms with van der Waals surface area (Å²) in [5, 5.41) is 15.2. The van der Waals surface area contributed by atoms with Crippen molar-refractivity contribution in [2.45, 2.75) is 65.7 Å². The van der Waals surface area contributed by atoms with Gasteiger partial charge in [0.2, 0.25) is 0 Å². The van der Waals surface area contributed by atoms with Gasteiger partial charge in [-0.2, -0.15) is 13.2 Å². The Morgan fingerprint density at radius 1 is 1.12 bits per heavy atom. The molecule has 0 amide bonds. The third kappa shape index (κ3) is 39.4. The summed E-state index contributed by atoms with van der Waals surface area (Å²) in [4.78, 5) is 8.90. The van der Waals surface area contributed by atoms with Crippen LogP contribution in [-0.4, -0.2) is 28.5 Å². The number of aliphatic carboxylic acids is 1. The van der Waals surface area contributed by atoms with Gasteiger partial charge in [-0.1, -0.05) is 39.5 Å². The first-order valence-corrected chi connectivity index (χ1v) is 5.57. The highest BCUT2D eigenvalue weighted by molar-refractivity contribution is 5.73. The predicted octanol–water partition coefficient (Wildman–Crippen LogP) is 3.61. The molecule has 0 atom stereocenters. The highest BCUT2D eigenvalue weighted by Crippen LogP contribution is 2.13. The van der Waals surface area contributed by atoms with Gasteiger partial charge >= 0.3 is 12.1 Å². The van der Waals surface area contributed by atoms with Crippen LogP contribution < -0.4 is 0 Å². The number of halogens is 3. The number of aliphatic hydroxyl groups is 1. The minimum atomic E-state index is -5.08. The summed E-state index contributed by atoms with van der Waals surface area (Å²) in [5.74, 6) is -2.76. The summed E-state index contributed by atoms with van der Waals surface area (Å²) in [6.07, 6.45) is 0.286. The molecule has 0 fully saturated rings. The smallest absolute Gasteiger partial charge is 0.475 e. The second-order valence-corrected chi connectivity index (χ2v) is 3.60. The quantitative estimate of drug-likeness (QED) is 0.762. The fraction of sp³-hybridized carbons (Fsp3) is 0.909. The molecule has 0 aromatic carbocycles. The number of aliphatic hydroxyl groups excluding tert-OH is 1. The first-order chi connectivity index (χ1) is 7.59. The van der Waals surface area contributed by atoms with E-state index in [2.05, 4.69) is 13.8 Å². The highest BCUT2D eigenvalue weighted by Gasteiger charge is 2.38. The normalized spacial score (nSPS) is 9.94. The number of unbranched alkanes of at least 4 members (excludes halogenated alkanes) is 3. The molecule has 0 spiro atoms. The van der Waals surface area contributed by atoms with Crippen molar-refractivity contribution in [3.05, 3.63) is 0 Å². The van der Waals surface area contributed by atoms with Crippen LogP contribution in [0.1, 0.15) is 53.4 Å². The SMILES string of the molecule is CC(C)O.CCCCCC.O=C(O)C(F)(F)F. The van der Waals surface area contributed by atoms with Crippen LogP contribution in [0.15, 0.2) is 0 Å². The largest absolute Gasteiger partial charge is 0.490 e. The van der Waals surface area contributed by atoms with Gasteiger partial charge in [-0.05, 0) is 13.8 Å². The second kappa shape index (κ2) is 13.3. The summed E-state index contributed by atoms with van der Waals surface area (Å²) in [7, 11) is 0. The van der Waals surface area contributed by atoms with Gasteiger partial charge in [-0.25, -0.2) is 4.79 Å². The Bertz CT molecular complexity index is 161. The molecule has 0 aliphatic carbocycles. The van der Waals surface area contributed by atoms with Crippen LogP contribution in [0.25, 0.3) is 0 Å². The number of carboxylic acid groups (broad SMARTS) is 1. The molecule has 0 radical (unpaired) electrons. The first-order valence-electron chi connectivity index (χ1n) is 5.57. The molecular formula is C11H23F3O3. The van der Waals surface area contributed by atoms with Gasteiger partial charge in [-0.3, -0.25) is 0 Å². The number of alkyl halides is 3. The van der Waals surface area contributed by atoms with Gasteiger partial charge in [-0.15, -0.1) is 0 Å². The summed E-state index contributed by atoms with van der Waals surface area (Å²) in [5.41, 5.74) is 0. The van der Waals surface area contributed by atoms with Crippen molar-refractivity contribution in [3.8, 4) is 0 Å². The van der Waals surface area contributed by atoms with Crippen molar-refractivity contribution in [2.75, 3.05) is 0 Å². The van der Waals surface area contributed by atoms with Crippen molar-refractivity contribution in [2.24, 2.45) is 0 Å². The maximum Gasteiger partial charge on any atom is 0.490 e. The fourth-order valence-corrected chi connectivity index (χ4v) is 0.500. The van der Waals surface area contributed by atoms with Crippen LogP contribution in [-0.2, 0) is 4.79 Å². The van der Waals surface area contributed by atoms with Gasteiger partial charge in [0, 0.05) is 6.10 Å². The van der Waals surface area contributed by atoms with Crippen LogP contribution >= 0.6 is 0 Å². The Labute approximate surface area is 101 Å². The van der Waals surface area contributed by atoms with Crippen LogP contribution in [0.4, 0.5) is 13.2 Å². The summed E-state index contributed by atoms with van der Waals surface area (Å²) < 4.78 is 31.7. The van der Waals surface area contributed by atoms with E-state index in [0.29, 0.717) is 0 Å². The zero-order chi connectivity index (χ0) is 14.5. The van der Waals surface area contributed by atoms with Crippen molar-refractivity contribution < 1.29 is 28.2 Å². The zero-order valence-corrected chi connectivity index (χ0v) is 10.8. The molecule has 0 saturated heterocycles. The summed E-state index contributed by atoms with van der Waals surface area (Å²) >= 11 is 0. The topological polar surface area (TPSA) is 57.5 Å². The summed E-state index contributed by atoms with van der Waals surface area (Å²) in [6, 6.07) is 0. The van der Waals surface area contributed by atoms with Gasteiger partial charge in [0.1, 0.15) is 0 Å². The third-order valence-corrected chi connectivity index (χ3v) is 1.20. The van der Waals surface area contributed by atoms with Crippen molar-refractivity contribution in [3.63, 3.8) is 0 Å². The number of hydrogen-bond acceptors (Lipinski definition) is 2. The minimum absolute atomic E-state index is 0.167. The molecule has 17 heavy (non-hydrogen) atoms. The first kappa shape index (κ1) is 21.5. The van der Waals surface area contributed by atoms with Gasteiger partial charge in [0.25, 0.3) is 0 Å². The lowest BCUT2D eigenvalue weighted by Gasteiger charge is -1.93. The van der Waals surface area contributed by atoms with Gasteiger partial charge in [0.15, 0.2) is 0 Å². The average molecular weight is 260 g/mol. The molecule has 3 nitrogen and oxygen atoms in total. The van der Waals surface area contributed by atoms with Crippen molar-refractivity contribution >= 4 is 5.97 Å². The molecule has 0 heterocycles. The Morgan fingerprint density at radius 3 is 1.35 bits per heavy atom. The molecular weight excluding hydrogens is 237 g/mol. The van der Waals surface area contributed by atoms with Gasteiger partial charge in [0.05, 0.1) is 0 Å². The molecule has 0 rings (SSSR count). The van der Waals surface area contributed by atoms with Gasteiger partial charge < -0.3 is 10.2 Å². The average Bonchev–Trinajstić information content (AvgIpc) is 2.13.